The molecule has 0 aliphatic carbocycles. The van der Waals surface area contributed by atoms with Gasteiger partial charge in [0.15, 0.2) is 0 Å². The number of hydrogen-bond donors (Lipinski definition) is 0. The quantitative estimate of drug-likeness (QED) is 0.250. The van der Waals surface area contributed by atoms with Crippen LogP contribution in [-0.2, 0) is 0 Å². The van der Waals surface area contributed by atoms with Crippen LogP contribution < -0.4 is 0 Å². The summed E-state index contributed by atoms with van der Waals surface area (Å²) in [6, 6.07) is 31.1. The van der Waals surface area contributed by atoms with Crippen molar-refractivity contribution in [2.24, 2.45) is 0 Å². The fourth-order valence-electron chi connectivity index (χ4n) is 4.89. The van der Waals surface area contributed by atoms with E-state index in [1.165, 1.54) is 32.7 Å². The number of rotatable bonds is 9. The molecule has 0 unspecified atom stereocenters. The third-order valence-electron chi connectivity index (χ3n) is 6.29. The molecule has 0 spiro atoms. The molecule has 0 bridgehead atoms. The number of benzene rings is 4. The summed E-state index contributed by atoms with van der Waals surface area (Å²) in [5, 5.41) is 5.38. The number of hydrogen-bond acceptors (Lipinski definition) is 0. The van der Waals surface area contributed by atoms with Crippen LogP contribution in [0, 0.1) is 0 Å². The van der Waals surface area contributed by atoms with Crippen LogP contribution in [-0.4, -0.2) is 0 Å². The molecular weight excluding hydrogens is 360 g/mol. The Bertz CT molecular complexity index is 1050. The van der Waals surface area contributed by atoms with Crippen molar-refractivity contribution in [3.05, 3.63) is 121 Å². The van der Waals surface area contributed by atoms with Crippen molar-refractivity contribution < 1.29 is 0 Å². The van der Waals surface area contributed by atoms with Crippen LogP contribution in [0.5, 0.6) is 0 Å². The molecule has 0 aliphatic rings. The third kappa shape index (κ3) is 4.09. The summed E-state index contributed by atoms with van der Waals surface area (Å²) < 4.78 is 0. The number of fused-ring (bicyclic) bond motifs is 2. The minimum absolute atomic E-state index is 0.430. The highest BCUT2D eigenvalue weighted by Gasteiger charge is 2.26. The first-order valence-electron chi connectivity index (χ1n) is 11.0. The van der Waals surface area contributed by atoms with Gasteiger partial charge in [-0.15, -0.1) is 13.2 Å². The minimum Gasteiger partial charge on any atom is -0.103 e. The Morgan fingerprint density at radius 3 is 1.37 bits per heavy atom. The van der Waals surface area contributed by atoms with E-state index >= 15 is 0 Å². The molecule has 0 amide bonds. The SMILES string of the molecule is C=CCC[C@@H](c1cccc2ccccc12)[C@@H](CCC=C)c1cccc2ccccc12. The number of allylic oxidation sites excluding steroid dienone is 2. The van der Waals surface area contributed by atoms with E-state index in [0.29, 0.717) is 11.8 Å². The lowest BCUT2D eigenvalue weighted by Crippen LogP contribution is -2.13. The summed E-state index contributed by atoms with van der Waals surface area (Å²) in [4.78, 5) is 0. The van der Waals surface area contributed by atoms with Crippen molar-refractivity contribution in [2.75, 3.05) is 0 Å². The molecular formula is C30H30. The third-order valence-corrected chi connectivity index (χ3v) is 6.29. The maximum absolute atomic E-state index is 4.02. The van der Waals surface area contributed by atoms with Gasteiger partial charge in [0.1, 0.15) is 0 Å². The van der Waals surface area contributed by atoms with E-state index in [1.807, 2.05) is 0 Å². The molecule has 0 saturated heterocycles. The average Bonchev–Trinajstić information content (AvgIpc) is 2.81. The van der Waals surface area contributed by atoms with Gasteiger partial charge in [-0.25, -0.2) is 0 Å². The summed E-state index contributed by atoms with van der Waals surface area (Å²) in [6.45, 7) is 8.03. The first-order chi connectivity index (χ1) is 14.8. The molecule has 4 aromatic carbocycles. The zero-order valence-electron chi connectivity index (χ0n) is 17.6. The van der Waals surface area contributed by atoms with Gasteiger partial charge in [-0.1, -0.05) is 97.1 Å². The summed E-state index contributed by atoms with van der Waals surface area (Å²) in [7, 11) is 0. The second kappa shape index (κ2) is 9.59. The Morgan fingerprint density at radius 2 is 0.933 bits per heavy atom. The van der Waals surface area contributed by atoms with Gasteiger partial charge in [0, 0.05) is 0 Å². The molecule has 30 heavy (non-hydrogen) atoms. The molecule has 0 aromatic heterocycles. The molecule has 0 saturated carbocycles. The van der Waals surface area contributed by atoms with E-state index in [4.69, 9.17) is 0 Å². The van der Waals surface area contributed by atoms with Gasteiger partial charge in [-0.3, -0.25) is 0 Å². The first kappa shape index (κ1) is 20.2. The molecule has 150 valence electrons. The van der Waals surface area contributed by atoms with E-state index in [-0.39, 0.29) is 0 Å². The Hall–Kier alpha value is -3.12. The monoisotopic (exact) mass is 390 g/mol. The fourth-order valence-corrected chi connectivity index (χ4v) is 4.89. The smallest absolute Gasteiger partial charge is 0.00837 e. The predicted molar refractivity (Wildman–Crippen MR) is 132 cm³/mol. The summed E-state index contributed by atoms with van der Waals surface area (Å²) in [5.41, 5.74) is 2.91. The van der Waals surface area contributed by atoms with Gasteiger partial charge >= 0.3 is 0 Å². The molecule has 0 fully saturated rings. The zero-order chi connectivity index (χ0) is 20.8. The highest BCUT2D eigenvalue weighted by Crippen LogP contribution is 2.44. The largest absolute Gasteiger partial charge is 0.103 e. The topological polar surface area (TPSA) is 0 Å². The van der Waals surface area contributed by atoms with Crippen molar-refractivity contribution in [3.8, 4) is 0 Å². The van der Waals surface area contributed by atoms with Crippen LogP contribution in [0.4, 0.5) is 0 Å². The molecule has 0 heteroatoms. The van der Waals surface area contributed by atoms with E-state index in [9.17, 15) is 0 Å². The van der Waals surface area contributed by atoms with Gasteiger partial charge in [-0.05, 0) is 70.2 Å². The molecule has 0 N–H and O–H groups in total. The minimum atomic E-state index is 0.430. The molecule has 4 rings (SSSR count). The first-order valence-corrected chi connectivity index (χ1v) is 11.0. The van der Waals surface area contributed by atoms with Gasteiger partial charge in [0.25, 0.3) is 0 Å². The van der Waals surface area contributed by atoms with Gasteiger partial charge in [-0.2, -0.15) is 0 Å². The molecule has 0 aliphatic heterocycles. The summed E-state index contributed by atoms with van der Waals surface area (Å²) in [6.07, 6.45) is 8.36. The maximum atomic E-state index is 4.02. The summed E-state index contributed by atoms with van der Waals surface area (Å²) in [5.74, 6) is 0.861. The van der Waals surface area contributed by atoms with Crippen LogP contribution in [0.1, 0.15) is 48.6 Å². The van der Waals surface area contributed by atoms with Crippen molar-refractivity contribution in [1.82, 2.24) is 0 Å². The van der Waals surface area contributed by atoms with Crippen molar-refractivity contribution in [2.45, 2.75) is 37.5 Å². The predicted octanol–water partition coefficient (Wildman–Crippen LogP) is 8.79. The summed E-state index contributed by atoms with van der Waals surface area (Å²) >= 11 is 0. The average molecular weight is 391 g/mol. The van der Waals surface area contributed by atoms with Gasteiger partial charge in [0.2, 0.25) is 0 Å². The second-order valence-electron chi connectivity index (χ2n) is 8.08. The van der Waals surface area contributed by atoms with Crippen molar-refractivity contribution in [3.63, 3.8) is 0 Å². The van der Waals surface area contributed by atoms with Crippen LogP contribution in [0.2, 0.25) is 0 Å². The van der Waals surface area contributed by atoms with Crippen LogP contribution in [0.3, 0.4) is 0 Å². The standard InChI is InChI=1S/C30H30/c1-3-5-17-29(27-21-11-15-23-13-7-9-19-25(23)27)30(18-6-4-2)28-22-12-16-24-14-8-10-20-26(24)28/h3-4,7-16,19-22,29-30H,1-2,5-6,17-18H2/t29-,30-/m0/s1. The molecule has 0 nitrogen and oxygen atoms in total. The van der Waals surface area contributed by atoms with Crippen LogP contribution >= 0.6 is 0 Å². The van der Waals surface area contributed by atoms with Gasteiger partial charge in [0.05, 0.1) is 0 Å². The highest BCUT2D eigenvalue weighted by molar-refractivity contribution is 5.88. The lowest BCUT2D eigenvalue weighted by atomic mass is 9.74. The Morgan fingerprint density at radius 1 is 0.533 bits per heavy atom. The van der Waals surface area contributed by atoms with Crippen LogP contribution in [0.25, 0.3) is 21.5 Å². The maximum Gasteiger partial charge on any atom is -0.00837 e. The van der Waals surface area contributed by atoms with Crippen LogP contribution in [0.15, 0.2) is 110 Å². The Kier molecular flexibility index (Phi) is 6.44. The molecule has 0 heterocycles. The van der Waals surface area contributed by atoms with E-state index < -0.39 is 0 Å². The lowest BCUT2D eigenvalue weighted by molar-refractivity contribution is 0.488. The van der Waals surface area contributed by atoms with E-state index in [2.05, 4.69) is 110 Å². The van der Waals surface area contributed by atoms with E-state index in [1.54, 1.807) is 0 Å². The zero-order valence-corrected chi connectivity index (χ0v) is 17.6. The Labute approximate surface area is 180 Å². The van der Waals surface area contributed by atoms with Crippen molar-refractivity contribution in [1.29, 1.82) is 0 Å². The molecule has 2 atom stereocenters. The molecule has 4 aromatic rings. The van der Waals surface area contributed by atoms with Crippen molar-refractivity contribution >= 4 is 21.5 Å². The highest BCUT2D eigenvalue weighted by atomic mass is 14.3. The second-order valence-corrected chi connectivity index (χ2v) is 8.08. The Balaban J connectivity index is 1.90. The van der Waals surface area contributed by atoms with E-state index in [0.717, 1.165) is 25.7 Å². The lowest BCUT2D eigenvalue weighted by Gasteiger charge is -2.30. The fraction of sp³-hybridized carbons (Fsp3) is 0.200. The van der Waals surface area contributed by atoms with Gasteiger partial charge < -0.3 is 0 Å². The normalized spacial score (nSPS) is 13.2. The molecule has 0 radical (unpaired) electrons.